The van der Waals surface area contributed by atoms with Crippen molar-refractivity contribution in [3.8, 4) is 0 Å². The third-order valence-electron chi connectivity index (χ3n) is 4.09. The fraction of sp³-hybridized carbons (Fsp3) is 0.273. The molecule has 0 fully saturated rings. The first kappa shape index (κ1) is 17.1. The molecule has 0 spiro atoms. The number of rotatable bonds is 9. The fourth-order valence-electron chi connectivity index (χ4n) is 2.69. The molecule has 1 nitrogen and oxygen atoms in total. The van der Waals surface area contributed by atoms with Gasteiger partial charge in [0.2, 0.25) is 0 Å². The highest BCUT2D eigenvalue weighted by Crippen LogP contribution is 2.16. The van der Waals surface area contributed by atoms with Crippen LogP contribution in [-0.4, -0.2) is 6.54 Å². The maximum atomic E-state index is 3.83. The van der Waals surface area contributed by atoms with Crippen molar-refractivity contribution in [3.63, 3.8) is 0 Å². The van der Waals surface area contributed by atoms with Gasteiger partial charge >= 0.3 is 0 Å². The quantitative estimate of drug-likeness (QED) is 0.476. The molecule has 0 aliphatic carbocycles. The average molecular weight is 305 g/mol. The molecule has 0 saturated carbocycles. The first-order valence-corrected chi connectivity index (χ1v) is 8.36. The molecule has 23 heavy (non-hydrogen) atoms. The van der Waals surface area contributed by atoms with Gasteiger partial charge in [0.05, 0.1) is 0 Å². The molecule has 0 amide bonds. The number of anilines is 1. The van der Waals surface area contributed by atoms with E-state index in [1.54, 1.807) is 0 Å². The minimum absolute atomic E-state index is 0.929. The predicted octanol–water partition coefficient (Wildman–Crippen LogP) is 5.50. The number of hydrogen-bond acceptors (Lipinski definition) is 1. The second-order valence-electron chi connectivity index (χ2n) is 5.97. The smallest absolute Gasteiger partial charge is 0.0343 e. The van der Waals surface area contributed by atoms with E-state index < -0.39 is 0 Å². The summed E-state index contributed by atoms with van der Waals surface area (Å²) in [6.07, 6.45) is 8.02. The summed E-state index contributed by atoms with van der Waals surface area (Å²) in [6, 6.07) is 15.4. The van der Waals surface area contributed by atoms with Gasteiger partial charge in [0, 0.05) is 12.2 Å². The second kappa shape index (κ2) is 8.99. The first-order valence-electron chi connectivity index (χ1n) is 8.36. The van der Waals surface area contributed by atoms with E-state index in [1.165, 1.54) is 27.9 Å². The van der Waals surface area contributed by atoms with Crippen LogP contribution in [0.2, 0.25) is 0 Å². The van der Waals surface area contributed by atoms with Crippen LogP contribution >= 0.6 is 0 Å². The zero-order chi connectivity index (χ0) is 16.5. The lowest BCUT2D eigenvalue weighted by molar-refractivity contribution is 0.862. The first-order chi connectivity index (χ1) is 11.2. The van der Waals surface area contributed by atoms with Crippen LogP contribution < -0.4 is 5.32 Å². The van der Waals surface area contributed by atoms with Crippen LogP contribution in [0.25, 0.3) is 0 Å². The van der Waals surface area contributed by atoms with Crippen LogP contribution in [0.1, 0.15) is 28.7 Å². The highest BCUT2D eigenvalue weighted by Gasteiger charge is 1.99. The van der Waals surface area contributed by atoms with Crippen LogP contribution in [0.5, 0.6) is 0 Å². The normalized spacial score (nSPS) is 10.3. The Hall–Kier alpha value is -2.28. The van der Waals surface area contributed by atoms with Crippen LogP contribution in [0.15, 0.2) is 67.8 Å². The number of aryl methyl sites for hydroxylation is 2. The maximum absolute atomic E-state index is 3.83. The van der Waals surface area contributed by atoms with E-state index in [4.69, 9.17) is 0 Å². The van der Waals surface area contributed by atoms with Crippen LogP contribution in [-0.2, 0) is 19.3 Å². The summed E-state index contributed by atoms with van der Waals surface area (Å²) >= 11 is 0. The molecule has 0 atom stereocenters. The predicted molar refractivity (Wildman–Crippen MR) is 102 cm³/mol. The Kier molecular flexibility index (Phi) is 6.68. The molecular formula is C22H27N. The van der Waals surface area contributed by atoms with Gasteiger partial charge in [0.1, 0.15) is 0 Å². The molecule has 0 heterocycles. The molecule has 0 unspecified atom stereocenters. The largest absolute Gasteiger partial charge is 0.385 e. The van der Waals surface area contributed by atoms with E-state index in [1.807, 2.05) is 12.2 Å². The highest BCUT2D eigenvalue weighted by atomic mass is 14.9. The van der Waals surface area contributed by atoms with Gasteiger partial charge in [-0.15, -0.1) is 13.2 Å². The Bertz CT molecular complexity index is 638. The minimum atomic E-state index is 0.929. The van der Waals surface area contributed by atoms with Crippen molar-refractivity contribution < 1.29 is 0 Å². The number of benzene rings is 2. The second-order valence-corrected chi connectivity index (χ2v) is 5.97. The molecule has 2 rings (SSSR count). The van der Waals surface area contributed by atoms with E-state index in [2.05, 4.69) is 67.9 Å². The molecule has 0 radical (unpaired) electrons. The Morgan fingerprint density at radius 2 is 1.61 bits per heavy atom. The van der Waals surface area contributed by atoms with E-state index in [-0.39, 0.29) is 0 Å². The lowest BCUT2D eigenvalue weighted by Crippen LogP contribution is -2.04. The number of allylic oxidation sites excluding steroid dienone is 2. The van der Waals surface area contributed by atoms with Gasteiger partial charge in [-0.25, -0.2) is 0 Å². The van der Waals surface area contributed by atoms with Gasteiger partial charge in [0.15, 0.2) is 0 Å². The third kappa shape index (κ3) is 5.45. The summed E-state index contributed by atoms with van der Waals surface area (Å²) in [5, 5.41) is 3.53. The number of nitrogens with one attached hydrogen (secondary N) is 1. The van der Waals surface area contributed by atoms with E-state index in [9.17, 15) is 0 Å². The Balaban J connectivity index is 1.79. The zero-order valence-corrected chi connectivity index (χ0v) is 14.1. The molecule has 0 aromatic heterocycles. The van der Waals surface area contributed by atoms with Crippen molar-refractivity contribution in [1.82, 2.24) is 0 Å². The summed E-state index contributed by atoms with van der Waals surface area (Å²) in [5.41, 5.74) is 6.61. The number of hydrogen-bond donors (Lipinski definition) is 1. The summed E-state index contributed by atoms with van der Waals surface area (Å²) in [5.74, 6) is 0. The molecule has 0 saturated heterocycles. The lowest BCUT2D eigenvalue weighted by atomic mass is 10.0. The van der Waals surface area contributed by atoms with Crippen molar-refractivity contribution in [2.45, 2.75) is 32.6 Å². The van der Waals surface area contributed by atoms with E-state index in [0.29, 0.717) is 0 Å². The van der Waals surface area contributed by atoms with Crippen molar-refractivity contribution in [1.29, 1.82) is 0 Å². The summed E-state index contributed by atoms with van der Waals surface area (Å²) < 4.78 is 0. The lowest BCUT2D eigenvalue weighted by Gasteiger charge is -2.10. The fourth-order valence-corrected chi connectivity index (χ4v) is 2.69. The highest BCUT2D eigenvalue weighted by molar-refractivity contribution is 5.49. The monoisotopic (exact) mass is 305 g/mol. The molecule has 120 valence electrons. The van der Waals surface area contributed by atoms with Crippen molar-refractivity contribution >= 4 is 5.69 Å². The topological polar surface area (TPSA) is 12.0 Å². The SMILES string of the molecule is C=CCc1ccc(CCCNc2ccc(C)c(CC=C)c2)cc1. The molecule has 1 N–H and O–H groups in total. The standard InChI is InChI=1S/C22H27N/c1-4-7-19-11-13-20(14-12-19)9-6-16-23-22-15-10-18(3)21(17-22)8-5-2/h4-5,10-15,17,23H,1-2,6-9,16H2,3H3. The summed E-state index contributed by atoms with van der Waals surface area (Å²) in [7, 11) is 0. The van der Waals surface area contributed by atoms with E-state index >= 15 is 0 Å². The molecule has 2 aromatic carbocycles. The average Bonchev–Trinajstić information content (AvgIpc) is 2.56. The molecule has 0 bridgehead atoms. The van der Waals surface area contributed by atoms with E-state index in [0.717, 1.165) is 32.2 Å². The Labute approximate surface area is 140 Å². The summed E-state index contributed by atoms with van der Waals surface area (Å²) in [6.45, 7) is 10.7. The molecule has 2 aromatic rings. The molecule has 0 aliphatic heterocycles. The van der Waals surface area contributed by atoms with Gasteiger partial charge < -0.3 is 5.32 Å². The van der Waals surface area contributed by atoms with Gasteiger partial charge in [0.25, 0.3) is 0 Å². The Morgan fingerprint density at radius 1 is 0.913 bits per heavy atom. The van der Waals surface area contributed by atoms with Crippen LogP contribution in [0, 0.1) is 6.92 Å². The van der Waals surface area contributed by atoms with Gasteiger partial charge in [-0.1, -0.05) is 42.5 Å². The van der Waals surface area contributed by atoms with Crippen molar-refractivity contribution in [2.24, 2.45) is 0 Å². The minimum Gasteiger partial charge on any atom is -0.385 e. The zero-order valence-electron chi connectivity index (χ0n) is 14.1. The molecule has 1 heteroatoms. The van der Waals surface area contributed by atoms with Gasteiger partial charge in [-0.05, 0) is 67.0 Å². The van der Waals surface area contributed by atoms with Crippen molar-refractivity contribution in [2.75, 3.05) is 11.9 Å². The third-order valence-corrected chi connectivity index (χ3v) is 4.09. The molecule has 0 aliphatic rings. The van der Waals surface area contributed by atoms with Crippen LogP contribution in [0.4, 0.5) is 5.69 Å². The Morgan fingerprint density at radius 3 is 2.30 bits per heavy atom. The van der Waals surface area contributed by atoms with Crippen LogP contribution in [0.3, 0.4) is 0 Å². The van der Waals surface area contributed by atoms with Crippen molar-refractivity contribution in [3.05, 3.63) is 90.0 Å². The van der Waals surface area contributed by atoms with Gasteiger partial charge in [-0.2, -0.15) is 0 Å². The molecular weight excluding hydrogens is 278 g/mol. The maximum Gasteiger partial charge on any atom is 0.0343 e. The van der Waals surface area contributed by atoms with Gasteiger partial charge in [-0.3, -0.25) is 0 Å². The summed E-state index contributed by atoms with van der Waals surface area (Å²) in [4.78, 5) is 0.